The van der Waals surface area contributed by atoms with Gasteiger partial charge in [0.2, 0.25) is 0 Å². The fourth-order valence-corrected chi connectivity index (χ4v) is 2.68. The lowest BCUT2D eigenvalue weighted by Gasteiger charge is -2.17. The molecule has 0 aliphatic carbocycles. The van der Waals surface area contributed by atoms with E-state index in [1.807, 2.05) is 74.4 Å². The van der Waals surface area contributed by atoms with E-state index >= 15 is 0 Å². The fourth-order valence-electron chi connectivity index (χ4n) is 2.68. The van der Waals surface area contributed by atoms with Gasteiger partial charge in [-0.25, -0.2) is 0 Å². The molecule has 2 aromatic rings. The summed E-state index contributed by atoms with van der Waals surface area (Å²) in [5, 5.41) is 10.5. The molecule has 1 N–H and O–H groups in total. The monoisotopic (exact) mass is 374 g/mol. The molecular formula is C21H27ClN2O2. The molecular weight excluding hydrogens is 348 g/mol. The molecule has 0 saturated heterocycles. The quantitative estimate of drug-likeness (QED) is 0.590. The Morgan fingerprint density at radius 1 is 0.962 bits per heavy atom. The summed E-state index contributed by atoms with van der Waals surface area (Å²) >= 11 is 0. The Bertz CT molecular complexity index is 725. The highest BCUT2D eigenvalue weighted by atomic mass is 35.5. The van der Waals surface area contributed by atoms with Crippen molar-refractivity contribution in [2.24, 2.45) is 0 Å². The second kappa shape index (κ2) is 10.1. The van der Waals surface area contributed by atoms with Gasteiger partial charge in [-0.3, -0.25) is 4.79 Å². The summed E-state index contributed by atoms with van der Waals surface area (Å²) in [7, 11) is 7.86. The fraction of sp³-hybridized carbons (Fsp3) is 0.286. The molecule has 5 heteroatoms. The second-order valence-corrected chi connectivity index (χ2v) is 6.73. The molecule has 0 spiro atoms. The highest BCUT2D eigenvalue weighted by Crippen LogP contribution is 2.27. The molecule has 2 aromatic carbocycles. The Morgan fingerprint density at radius 2 is 1.46 bits per heavy atom. The molecule has 0 fully saturated rings. The molecule has 0 unspecified atom stereocenters. The average Bonchev–Trinajstić information content (AvgIpc) is 2.56. The van der Waals surface area contributed by atoms with Crippen LogP contribution < -0.4 is 0 Å². The highest BCUT2D eigenvalue weighted by molar-refractivity contribution is 6.06. The van der Waals surface area contributed by atoms with Crippen LogP contribution in [-0.4, -0.2) is 48.9 Å². The molecule has 0 radical (unpaired) electrons. The van der Waals surface area contributed by atoms with Gasteiger partial charge in [0.25, 0.3) is 0 Å². The van der Waals surface area contributed by atoms with E-state index in [1.54, 1.807) is 18.2 Å². The molecule has 0 saturated carbocycles. The van der Waals surface area contributed by atoms with Gasteiger partial charge in [0, 0.05) is 29.8 Å². The van der Waals surface area contributed by atoms with Crippen LogP contribution in [0.3, 0.4) is 0 Å². The zero-order valence-corrected chi connectivity index (χ0v) is 16.6. The van der Waals surface area contributed by atoms with Crippen molar-refractivity contribution in [3.05, 3.63) is 70.8 Å². The number of benzene rings is 2. The maximum atomic E-state index is 12.3. The minimum atomic E-state index is -0.0306. The van der Waals surface area contributed by atoms with Crippen LogP contribution in [0.25, 0.3) is 6.08 Å². The second-order valence-electron chi connectivity index (χ2n) is 6.73. The molecule has 0 bridgehead atoms. The van der Waals surface area contributed by atoms with E-state index in [2.05, 4.69) is 0 Å². The molecule has 4 nitrogen and oxygen atoms in total. The normalized spacial score (nSPS) is 11.2. The van der Waals surface area contributed by atoms with Crippen molar-refractivity contribution >= 4 is 24.3 Å². The smallest absolute Gasteiger partial charge is 0.185 e. The lowest BCUT2D eigenvalue weighted by molar-refractivity contribution is 0.104. The highest BCUT2D eigenvalue weighted by Gasteiger charge is 2.11. The van der Waals surface area contributed by atoms with E-state index in [0.717, 1.165) is 16.7 Å². The molecule has 0 amide bonds. The first-order valence-electron chi connectivity index (χ1n) is 8.28. The third-order valence-corrected chi connectivity index (χ3v) is 3.75. The SMILES string of the molecule is CN(C)Cc1cc(/C=C/C(=O)c2ccccc2)cc(CN(C)C)c1O.Cl. The predicted molar refractivity (Wildman–Crippen MR) is 110 cm³/mol. The number of ketones is 1. The molecule has 2 rings (SSSR count). The largest absolute Gasteiger partial charge is 0.507 e. The van der Waals surface area contributed by atoms with E-state index in [-0.39, 0.29) is 18.2 Å². The Labute approximate surface area is 162 Å². The minimum Gasteiger partial charge on any atom is -0.507 e. The average molecular weight is 375 g/mol. The van der Waals surface area contributed by atoms with Crippen LogP contribution >= 0.6 is 12.4 Å². The van der Waals surface area contributed by atoms with E-state index in [9.17, 15) is 9.90 Å². The van der Waals surface area contributed by atoms with Gasteiger partial charge in [-0.2, -0.15) is 0 Å². The summed E-state index contributed by atoms with van der Waals surface area (Å²) in [6, 6.07) is 13.1. The third kappa shape index (κ3) is 6.30. The number of halogens is 1. The summed E-state index contributed by atoms with van der Waals surface area (Å²) in [5.41, 5.74) is 3.29. The predicted octanol–water partition coefficient (Wildman–Crippen LogP) is 3.83. The van der Waals surface area contributed by atoms with Crippen LogP contribution in [0.15, 0.2) is 48.5 Å². The Balaban J connectivity index is 0.00000338. The van der Waals surface area contributed by atoms with Crippen molar-refractivity contribution < 1.29 is 9.90 Å². The lowest BCUT2D eigenvalue weighted by Crippen LogP contribution is -2.14. The molecule has 140 valence electrons. The summed E-state index contributed by atoms with van der Waals surface area (Å²) in [6.45, 7) is 1.28. The van der Waals surface area contributed by atoms with Gasteiger partial charge in [-0.05, 0) is 52.0 Å². The molecule has 0 aliphatic rings. The first-order chi connectivity index (χ1) is 11.9. The van der Waals surface area contributed by atoms with Crippen molar-refractivity contribution in [1.82, 2.24) is 9.80 Å². The number of allylic oxidation sites excluding steroid dienone is 1. The summed E-state index contributed by atoms with van der Waals surface area (Å²) < 4.78 is 0. The Hall–Kier alpha value is -2.14. The van der Waals surface area contributed by atoms with Gasteiger partial charge >= 0.3 is 0 Å². The van der Waals surface area contributed by atoms with Gasteiger partial charge < -0.3 is 14.9 Å². The minimum absolute atomic E-state index is 0. The number of hydrogen-bond acceptors (Lipinski definition) is 4. The number of phenolic OH excluding ortho intramolecular Hbond substituents is 1. The number of nitrogens with zero attached hydrogens (tertiary/aromatic N) is 2. The van der Waals surface area contributed by atoms with Crippen LogP contribution in [0.5, 0.6) is 5.75 Å². The summed E-state index contributed by atoms with van der Waals surface area (Å²) in [4.78, 5) is 16.3. The van der Waals surface area contributed by atoms with E-state index in [0.29, 0.717) is 24.4 Å². The summed E-state index contributed by atoms with van der Waals surface area (Å²) in [5.74, 6) is 0.297. The number of phenols is 1. The molecule has 0 aliphatic heterocycles. The van der Waals surface area contributed by atoms with E-state index < -0.39 is 0 Å². The number of carbonyl (C=O) groups is 1. The van der Waals surface area contributed by atoms with Crippen molar-refractivity contribution in [3.63, 3.8) is 0 Å². The lowest BCUT2D eigenvalue weighted by atomic mass is 10.0. The maximum absolute atomic E-state index is 12.3. The van der Waals surface area contributed by atoms with Gasteiger partial charge in [0.05, 0.1) is 0 Å². The van der Waals surface area contributed by atoms with Gasteiger partial charge in [-0.15, -0.1) is 12.4 Å². The Kier molecular flexibility index (Phi) is 8.52. The van der Waals surface area contributed by atoms with Gasteiger partial charge in [-0.1, -0.05) is 36.4 Å². The van der Waals surface area contributed by atoms with Crippen molar-refractivity contribution in [2.45, 2.75) is 13.1 Å². The zero-order valence-electron chi connectivity index (χ0n) is 15.8. The number of aromatic hydroxyl groups is 1. The van der Waals surface area contributed by atoms with Crippen LogP contribution in [0.4, 0.5) is 0 Å². The van der Waals surface area contributed by atoms with Crippen LogP contribution in [0, 0.1) is 0 Å². The number of carbonyl (C=O) groups excluding carboxylic acids is 1. The van der Waals surface area contributed by atoms with Crippen LogP contribution in [0.1, 0.15) is 27.0 Å². The molecule has 0 aromatic heterocycles. The van der Waals surface area contributed by atoms with Crippen molar-refractivity contribution in [3.8, 4) is 5.75 Å². The molecule has 0 atom stereocenters. The molecule has 0 heterocycles. The molecule has 26 heavy (non-hydrogen) atoms. The maximum Gasteiger partial charge on any atom is 0.185 e. The van der Waals surface area contributed by atoms with E-state index in [1.165, 1.54) is 0 Å². The zero-order chi connectivity index (χ0) is 18.4. The van der Waals surface area contributed by atoms with Gasteiger partial charge in [0.1, 0.15) is 5.75 Å². The summed E-state index contributed by atoms with van der Waals surface area (Å²) in [6.07, 6.45) is 3.40. The van der Waals surface area contributed by atoms with Crippen molar-refractivity contribution in [1.29, 1.82) is 0 Å². The first kappa shape index (κ1) is 21.9. The van der Waals surface area contributed by atoms with Gasteiger partial charge in [0.15, 0.2) is 5.78 Å². The van der Waals surface area contributed by atoms with Crippen molar-refractivity contribution in [2.75, 3.05) is 28.2 Å². The van der Waals surface area contributed by atoms with Crippen LogP contribution in [0.2, 0.25) is 0 Å². The topological polar surface area (TPSA) is 43.8 Å². The third-order valence-electron chi connectivity index (χ3n) is 3.75. The first-order valence-corrected chi connectivity index (χ1v) is 8.28. The number of hydrogen-bond donors (Lipinski definition) is 1. The van der Waals surface area contributed by atoms with E-state index in [4.69, 9.17) is 0 Å². The van der Waals surface area contributed by atoms with Crippen LogP contribution in [-0.2, 0) is 13.1 Å². The standard InChI is InChI=1S/C21H26N2O2.ClH/c1-22(2)14-18-12-16(13-19(21(18)25)15-23(3)4)10-11-20(24)17-8-6-5-7-9-17;/h5-13,25H,14-15H2,1-4H3;1H/b11-10+;. The number of rotatable bonds is 7. The Morgan fingerprint density at radius 3 is 1.92 bits per heavy atom.